The summed E-state index contributed by atoms with van der Waals surface area (Å²) in [6.45, 7) is 2.74. The molecule has 5 rings (SSSR count). The first-order chi connectivity index (χ1) is 16.8. The number of sulfonamides is 1. The van der Waals surface area contributed by atoms with Crippen LogP contribution in [0.4, 0.5) is 14.6 Å². The summed E-state index contributed by atoms with van der Waals surface area (Å²) in [5.74, 6) is -2.08. The number of alkyl halides is 2. The molecule has 4 heterocycles. The first-order valence-corrected chi connectivity index (χ1v) is 14.1. The number of nitrogens with zero attached hydrogens (tertiary/aromatic N) is 3. The molecule has 1 N–H and O–H groups in total. The zero-order chi connectivity index (χ0) is 24.5. The lowest BCUT2D eigenvalue weighted by molar-refractivity contribution is -0.0221. The lowest BCUT2D eigenvalue weighted by Crippen LogP contribution is -2.58. The third-order valence-corrected chi connectivity index (χ3v) is 10.0. The van der Waals surface area contributed by atoms with Gasteiger partial charge in [-0.25, -0.2) is 22.2 Å². The maximum Gasteiger partial charge on any atom is 0.251 e. The van der Waals surface area contributed by atoms with Crippen molar-refractivity contribution >= 4 is 15.8 Å². The van der Waals surface area contributed by atoms with Gasteiger partial charge in [-0.05, 0) is 68.3 Å². The molecule has 0 radical (unpaired) electrons. The van der Waals surface area contributed by atoms with Gasteiger partial charge in [0.15, 0.2) is 0 Å². The molecular formula is C26H34F2N4O2S. The van der Waals surface area contributed by atoms with Crippen molar-refractivity contribution in [2.75, 3.05) is 37.6 Å². The molecule has 190 valence electrons. The van der Waals surface area contributed by atoms with Gasteiger partial charge in [0.1, 0.15) is 10.7 Å². The minimum Gasteiger partial charge on any atom is -0.356 e. The third-order valence-electron chi connectivity index (χ3n) is 8.13. The highest BCUT2D eigenvalue weighted by atomic mass is 32.2. The number of hydrogen-bond acceptors (Lipinski definition) is 5. The van der Waals surface area contributed by atoms with Crippen LogP contribution >= 0.6 is 0 Å². The van der Waals surface area contributed by atoms with Crippen molar-refractivity contribution < 1.29 is 17.2 Å². The fourth-order valence-corrected chi connectivity index (χ4v) is 7.78. The molecule has 3 saturated heterocycles. The molecule has 1 atom stereocenters. The van der Waals surface area contributed by atoms with Gasteiger partial charge < -0.3 is 10.2 Å². The summed E-state index contributed by atoms with van der Waals surface area (Å²) in [6, 6.07) is 13.3. The fraction of sp³-hybridized carbons (Fsp3) is 0.577. The van der Waals surface area contributed by atoms with Gasteiger partial charge in [0.2, 0.25) is 10.0 Å². The Labute approximate surface area is 206 Å². The second-order valence-corrected chi connectivity index (χ2v) is 12.1. The van der Waals surface area contributed by atoms with Crippen LogP contribution in [0.25, 0.3) is 0 Å². The van der Waals surface area contributed by atoms with Gasteiger partial charge in [-0.15, -0.1) is 0 Å². The Morgan fingerprint density at radius 1 is 0.943 bits per heavy atom. The van der Waals surface area contributed by atoms with Gasteiger partial charge in [0.25, 0.3) is 5.92 Å². The van der Waals surface area contributed by atoms with Crippen molar-refractivity contribution in [1.29, 1.82) is 0 Å². The van der Waals surface area contributed by atoms with Crippen LogP contribution in [0.5, 0.6) is 0 Å². The molecule has 1 aromatic carbocycles. The number of piperidine rings is 3. The van der Waals surface area contributed by atoms with Crippen molar-refractivity contribution in [3.63, 3.8) is 0 Å². The van der Waals surface area contributed by atoms with Crippen LogP contribution in [-0.2, 0) is 16.4 Å². The summed E-state index contributed by atoms with van der Waals surface area (Å²) < 4.78 is 56.7. The highest BCUT2D eigenvalue weighted by Crippen LogP contribution is 2.46. The van der Waals surface area contributed by atoms with E-state index >= 15 is 0 Å². The van der Waals surface area contributed by atoms with Gasteiger partial charge in [-0.3, -0.25) is 0 Å². The van der Waals surface area contributed by atoms with E-state index in [4.69, 9.17) is 0 Å². The minimum absolute atomic E-state index is 0.0428. The summed E-state index contributed by atoms with van der Waals surface area (Å²) in [4.78, 5) is 6.37. The monoisotopic (exact) mass is 504 g/mol. The molecule has 3 aliphatic rings. The largest absolute Gasteiger partial charge is 0.356 e. The number of benzene rings is 1. The quantitative estimate of drug-likeness (QED) is 0.665. The molecule has 3 fully saturated rings. The number of rotatable bonds is 5. The molecule has 0 amide bonds. The number of nitrogens with one attached hydrogen (secondary N) is 1. The van der Waals surface area contributed by atoms with Gasteiger partial charge in [0.05, 0.1) is 0 Å². The molecule has 0 aliphatic carbocycles. The van der Waals surface area contributed by atoms with Crippen molar-refractivity contribution in [2.45, 2.75) is 61.8 Å². The Morgan fingerprint density at radius 3 is 2.31 bits per heavy atom. The Kier molecular flexibility index (Phi) is 6.85. The van der Waals surface area contributed by atoms with Crippen LogP contribution in [-0.4, -0.2) is 62.4 Å². The van der Waals surface area contributed by atoms with E-state index in [2.05, 4.69) is 22.4 Å². The topological polar surface area (TPSA) is 65.5 Å². The number of hydrogen-bond donors (Lipinski definition) is 1. The molecule has 3 aliphatic heterocycles. The predicted molar refractivity (Wildman–Crippen MR) is 132 cm³/mol. The molecule has 0 saturated carbocycles. The van der Waals surface area contributed by atoms with E-state index in [1.54, 1.807) is 21.3 Å². The molecule has 1 unspecified atom stereocenters. The number of halogens is 2. The van der Waals surface area contributed by atoms with Crippen LogP contribution in [0, 0.1) is 5.41 Å². The van der Waals surface area contributed by atoms with Crippen LogP contribution < -0.4 is 10.2 Å². The number of aromatic nitrogens is 1. The summed E-state index contributed by atoms with van der Waals surface area (Å²) in [6.07, 6.45) is 5.49. The van der Waals surface area contributed by atoms with E-state index in [0.717, 1.165) is 44.3 Å². The predicted octanol–water partition coefficient (Wildman–Crippen LogP) is 4.08. The zero-order valence-electron chi connectivity index (χ0n) is 20.0. The summed E-state index contributed by atoms with van der Waals surface area (Å²) in [5.41, 5.74) is 1.10. The maximum atomic E-state index is 13.9. The smallest absolute Gasteiger partial charge is 0.251 e. The number of anilines is 1. The standard InChI is InChI=1S/C26H34F2N4O2S/c27-26(28)12-17-31(18-13-26)24-8-7-22(20-30-24)35(33,34)32-16-4-9-25(10-14-29-15-11-25)23(32)19-21-5-2-1-3-6-21/h1-3,5-8,20,23,29H,4,9-19H2. The Bertz CT molecular complexity index is 1090. The Balaban J connectivity index is 1.42. The van der Waals surface area contributed by atoms with E-state index in [9.17, 15) is 17.2 Å². The molecule has 6 nitrogen and oxygen atoms in total. The van der Waals surface area contributed by atoms with E-state index in [-0.39, 0.29) is 42.3 Å². The van der Waals surface area contributed by atoms with Gasteiger partial charge >= 0.3 is 0 Å². The first-order valence-electron chi connectivity index (χ1n) is 12.6. The zero-order valence-corrected chi connectivity index (χ0v) is 20.8. The molecule has 0 bridgehead atoms. The minimum atomic E-state index is -3.76. The van der Waals surface area contributed by atoms with Crippen LogP contribution in [0.1, 0.15) is 44.1 Å². The number of pyridine rings is 1. The van der Waals surface area contributed by atoms with Crippen LogP contribution in [0.2, 0.25) is 0 Å². The van der Waals surface area contributed by atoms with Crippen LogP contribution in [0.15, 0.2) is 53.6 Å². The molecule has 1 spiro atoms. The second-order valence-electron chi connectivity index (χ2n) is 10.2. The van der Waals surface area contributed by atoms with Crippen molar-refractivity contribution in [2.24, 2.45) is 5.41 Å². The normalized spacial score (nSPS) is 25.0. The van der Waals surface area contributed by atoms with E-state index in [1.807, 2.05) is 18.2 Å². The van der Waals surface area contributed by atoms with Crippen molar-refractivity contribution in [3.8, 4) is 0 Å². The lowest BCUT2D eigenvalue weighted by atomic mass is 9.66. The summed E-state index contributed by atoms with van der Waals surface area (Å²) in [7, 11) is -3.76. The fourth-order valence-electron chi connectivity index (χ4n) is 6.08. The summed E-state index contributed by atoms with van der Waals surface area (Å²) >= 11 is 0. The molecular weight excluding hydrogens is 470 g/mol. The maximum absolute atomic E-state index is 13.9. The highest BCUT2D eigenvalue weighted by molar-refractivity contribution is 7.89. The molecule has 2 aromatic rings. The summed E-state index contributed by atoms with van der Waals surface area (Å²) in [5, 5.41) is 3.44. The van der Waals surface area contributed by atoms with Gasteiger partial charge in [0, 0.05) is 44.7 Å². The third kappa shape index (κ3) is 5.08. The molecule has 35 heavy (non-hydrogen) atoms. The van der Waals surface area contributed by atoms with Crippen molar-refractivity contribution in [3.05, 3.63) is 54.2 Å². The molecule has 1 aromatic heterocycles. The van der Waals surface area contributed by atoms with Gasteiger partial charge in [-0.1, -0.05) is 30.3 Å². The second kappa shape index (κ2) is 9.75. The lowest BCUT2D eigenvalue weighted by Gasteiger charge is -2.51. The van der Waals surface area contributed by atoms with Crippen LogP contribution in [0.3, 0.4) is 0 Å². The first kappa shape index (κ1) is 24.6. The van der Waals surface area contributed by atoms with Gasteiger partial charge in [-0.2, -0.15) is 4.31 Å². The Morgan fingerprint density at radius 2 is 1.66 bits per heavy atom. The van der Waals surface area contributed by atoms with E-state index in [1.165, 1.54) is 6.20 Å². The van der Waals surface area contributed by atoms with E-state index in [0.29, 0.717) is 18.8 Å². The highest BCUT2D eigenvalue weighted by Gasteiger charge is 2.49. The van der Waals surface area contributed by atoms with Crippen molar-refractivity contribution in [1.82, 2.24) is 14.6 Å². The molecule has 9 heteroatoms. The average molecular weight is 505 g/mol. The Hall–Kier alpha value is -2.10. The van der Waals surface area contributed by atoms with E-state index < -0.39 is 15.9 Å². The average Bonchev–Trinajstić information content (AvgIpc) is 2.86. The SMILES string of the molecule is O=S(=O)(c1ccc(N2CCC(F)(F)CC2)nc1)N1CCCC2(CCNCC2)C1Cc1ccccc1.